The molecule has 0 saturated carbocycles. The van der Waals surface area contributed by atoms with Gasteiger partial charge in [0.05, 0.1) is 5.16 Å². The largest absolute Gasteiger partial charge is 0.367 e. The molecular formula is C4H2N2O4S4. The van der Waals surface area contributed by atoms with Crippen LogP contribution in [0.3, 0.4) is 0 Å². The lowest BCUT2D eigenvalue weighted by atomic mass is 10.6. The molecule has 0 aromatic rings. The van der Waals surface area contributed by atoms with Crippen molar-refractivity contribution in [2.45, 2.75) is 5.37 Å². The van der Waals surface area contributed by atoms with Crippen molar-refractivity contribution < 1.29 is 17.8 Å². The van der Waals surface area contributed by atoms with Gasteiger partial charge in [-0.05, 0) is 12.2 Å². The number of carbonyl (C=O) groups excluding carboxylic acids is 1. The number of isothiocyanates is 1. The lowest BCUT2D eigenvalue weighted by molar-refractivity contribution is -0.122. The number of nitrogens with zero attached hydrogens (tertiary/aromatic N) is 2. The van der Waals surface area contributed by atoms with E-state index in [9.17, 15) is 13.2 Å². The predicted octanol–water partition coefficient (Wildman–Crippen LogP) is 0.0784. The quantitative estimate of drug-likeness (QED) is 0.432. The van der Waals surface area contributed by atoms with Crippen LogP contribution in [-0.4, -0.2) is 38.0 Å². The minimum Gasteiger partial charge on any atom is -0.270 e. The molecule has 1 N–H and O–H groups in total. The molecule has 1 saturated heterocycles. The molecular weight excluding hydrogens is 268 g/mol. The maximum atomic E-state index is 11.3. The molecule has 1 aliphatic rings. The molecule has 1 aliphatic heterocycles. The molecule has 1 heterocycles. The first-order chi connectivity index (χ1) is 6.38. The summed E-state index contributed by atoms with van der Waals surface area (Å²) in [6.07, 6.45) is 0. The summed E-state index contributed by atoms with van der Waals surface area (Å²) < 4.78 is 29.8. The van der Waals surface area contributed by atoms with E-state index in [4.69, 9.17) is 4.55 Å². The lowest BCUT2D eigenvalue weighted by Gasteiger charge is -2.08. The summed E-state index contributed by atoms with van der Waals surface area (Å²) in [7, 11) is -4.65. The molecule has 1 fully saturated rings. The third-order valence-electron chi connectivity index (χ3n) is 1.19. The van der Waals surface area contributed by atoms with Crippen LogP contribution in [0.2, 0.25) is 0 Å². The molecule has 14 heavy (non-hydrogen) atoms. The zero-order valence-corrected chi connectivity index (χ0v) is 9.54. The Bertz CT molecular complexity index is 436. The van der Waals surface area contributed by atoms with Gasteiger partial charge in [0.25, 0.3) is 5.91 Å². The zero-order valence-electron chi connectivity index (χ0n) is 6.28. The van der Waals surface area contributed by atoms with Gasteiger partial charge < -0.3 is 0 Å². The van der Waals surface area contributed by atoms with Gasteiger partial charge in [0, 0.05) is 0 Å². The molecule has 1 unspecified atom stereocenters. The second kappa shape index (κ2) is 4.01. The van der Waals surface area contributed by atoms with Crippen molar-refractivity contribution in [3.8, 4) is 0 Å². The van der Waals surface area contributed by atoms with Crippen LogP contribution in [-0.2, 0) is 15.1 Å². The number of rotatable bonds is 2. The first kappa shape index (κ1) is 11.7. The summed E-state index contributed by atoms with van der Waals surface area (Å²) >= 11 is 9.53. The van der Waals surface area contributed by atoms with Gasteiger partial charge in [-0.25, -0.2) is 4.99 Å². The molecule has 1 rings (SSSR count). The monoisotopic (exact) mass is 270 g/mol. The fourth-order valence-electron chi connectivity index (χ4n) is 0.721. The highest BCUT2D eigenvalue weighted by Gasteiger charge is 2.43. The van der Waals surface area contributed by atoms with E-state index < -0.39 is 21.6 Å². The molecule has 1 amide bonds. The maximum Gasteiger partial charge on any atom is 0.367 e. The number of carbonyl (C=O) groups is 1. The Balaban J connectivity index is 3.10. The Kier molecular flexibility index (Phi) is 3.35. The van der Waals surface area contributed by atoms with Crippen LogP contribution in [0.4, 0.5) is 0 Å². The van der Waals surface area contributed by atoms with Gasteiger partial charge in [-0.2, -0.15) is 12.7 Å². The molecule has 0 aromatic heterocycles. The normalized spacial score (nSPS) is 22.4. The van der Waals surface area contributed by atoms with Crippen LogP contribution in [0.1, 0.15) is 0 Å². The highest BCUT2D eigenvalue weighted by Crippen LogP contribution is 2.29. The van der Waals surface area contributed by atoms with E-state index in [1.165, 1.54) is 0 Å². The number of aliphatic imine (C=N–C) groups is 1. The van der Waals surface area contributed by atoms with Crippen molar-refractivity contribution in [1.82, 2.24) is 4.31 Å². The van der Waals surface area contributed by atoms with Crippen molar-refractivity contribution in [3.05, 3.63) is 0 Å². The molecule has 1 atom stereocenters. The topological polar surface area (TPSA) is 87.0 Å². The predicted molar refractivity (Wildman–Crippen MR) is 57.4 cm³/mol. The summed E-state index contributed by atoms with van der Waals surface area (Å²) in [5.74, 6) is -0.945. The van der Waals surface area contributed by atoms with E-state index in [1.54, 1.807) is 0 Å². The standard InChI is InChI=1S/C4H2N2O4S4/c7-3-2(5-1-11)13-4(12)6(3)14(8,9)10/h2H,(H,8,9,10). The van der Waals surface area contributed by atoms with E-state index in [2.05, 4.69) is 29.4 Å². The summed E-state index contributed by atoms with van der Waals surface area (Å²) in [4.78, 5) is 14.6. The summed E-state index contributed by atoms with van der Waals surface area (Å²) in [6, 6.07) is 0. The van der Waals surface area contributed by atoms with Crippen LogP contribution >= 0.6 is 36.2 Å². The second-order valence-corrected chi connectivity index (χ2v) is 5.19. The Hall–Kier alpha value is -0.380. The third-order valence-corrected chi connectivity index (χ3v) is 3.74. The Morgan fingerprint density at radius 3 is 2.57 bits per heavy atom. The van der Waals surface area contributed by atoms with Crippen LogP contribution in [0, 0.1) is 0 Å². The molecule has 0 bridgehead atoms. The zero-order chi connectivity index (χ0) is 10.9. The fourth-order valence-corrected chi connectivity index (χ4v) is 3.22. The van der Waals surface area contributed by atoms with Gasteiger partial charge >= 0.3 is 10.3 Å². The third kappa shape index (κ3) is 2.16. The molecule has 0 aliphatic carbocycles. The number of hydrogen-bond acceptors (Lipinski definition) is 7. The van der Waals surface area contributed by atoms with Crippen molar-refractivity contribution >= 4 is 61.9 Å². The van der Waals surface area contributed by atoms with Gasteiger partial charge in [0.15, 0.2) is 9.69 Å². The number of thioether (sulfide) groups is 1. The Morgan fingerprint density at radius 1 is 1.64 bits per heavy atom. The van der Waals surface area contributed by atoms with Crippen LogP contribution in [0.5, 0.6) is 0 Å². The van der Waals surface area contributed by atoms with E-state index >= 15 is 0 Å². The summed E-state index contributed by atoms with van der Waals surface area (Å²) in [5.41, 5.74) is 0. The smallest absolute Gasteiger partial charge is 0.270 e. The minimum absolute atomic E-state index is 0.105. The average molecular weight is 270 g/mol. The molecule has 76 valence electrons. The highest BCUT2D eigenvalue weighted by molar-refractivity contribution is 8.25. The molecule has 6 nitrogen and oxygen atoms in total. The Labute approximate surface area is 94.2 Å². The molecule has 0 radical (unpaired) electrons. The highest BCUT2D eigenvalue weighted by atomic mass is 32.2. The maximum absolute atomic E-state index is 11.3. The van der Waals surface area contributed by atoms with Gasteiger partial charge in [-0.3, -0.25) is 9.35 Å². The molecule has 0 spiro atoms. The van der Waals surface area contributed by atoms with Gasteiger partial charge in [0.1, 0.15) is 0 Å². The first-order valence-electron chi connectivity index (χ1n) is 2.97. The fraction of sp³-hybridized carbons (Fsp3) is 0.250. The number of hydrogen-bond donors (Lipinski definition) is 1. The Morgan fingerprint density at radius 2 is 2.21 bits per heavy atom. The van der Waals surface area contributed by atoms with Crippen molar-refractivity contribution in [3.63, 3.8) is 0 Å². The van der Waals surface area contributed by atoms with Crippen molar-refractivity contribution in [2.24, 2.45) is 4.99 Å². The van der Waals surface area contributed by atoms with Crippen molar-refractivity contribution in [1.29, 1.82) is 0 Å². The minimum atomic E-state index is -4.65. The summed E-state index contributed by atoms with van der Waals surface area (Å²) in [5, 5.41) is 0.869. The second-order valence-electron chi connectivity index (χ2n) is 2.04. The molecule has 0 aromatic carbocycles. The van der Waals surface area contributed by atoms with Crippen LogP contribution < -0.4 is 0 Å². The lowest BCUT2D eigenvalue weighted by Crippen LogP contribution is -2.36. The van der Waals surface area contributed by atoms with Crippen LogP contribution in [0.15, 0.2) is 4.99 Å². The van der Waals surface area contributed by atoms with Gasteiger partial charge in [0.2, 0.25) is 0 Å². The van der Waals surface area contributed by atoms with E-state index in [-0.39, 0.29) is 8.63 Å². The average Bonchev–Trinajstić information content (AvgIpc) is 2.26. The summed E-state index contributed by atoms with van der Waals surface area (Å²) in [6.45, 7) is 0. The molecule has 10 heteroatoms. The van der Waals surface area contributed by atoms with Gasteiger partial charge in [-0.1, -0.05) is 24.0 Å². The number of amides is 1. The SMILES string of the molecule is O=C1C(N=C=S)SC(=S)N1S(=O)(=O)O. The van der Waals surface area contributed by atoms with Crippen molar-refractivity contribution in [2.75, 3.05) is 0 Å². The van der Waals surface area contributed by atoms with E-state index in [0.29, 0.717) is 11.8 Å². The first-order valence-corrected chi connectivity index (χ1v) is 6.06. The van der Waals surface area contributed by atoms with Crippen LogP contribution in [0.25, 0.3) is 0 Å². The van der Waals surface area contributed by atoms with Gasteiger partial charge in [-0.15, -0.1) is 0 Å². The van der Waals surface area contributed by atoms with E-state index in [1.807, 2.05) is 5.16 Å². The number of thiocarbonyl (C=S) groups is 2. The van der Waals surface area contributed by atoms with E-state index in [0.717, 1.165) is 0 Å².